The number of ether oxygens (including phenoxy) is 2. The van der Waals surface area contributed by atoms with Gasteiger partial charge in [0, 0.05) is 23.9 Å². The summed E-state index contributed by atoms with van der Waals surface area (Å²) in [4.78, 5) is 36.2. The van der Waals surface area contributed by atoms with E-state index >= 15 is 0 Å². The molecule has 0 radical (unpaired) electrons. The second-order valence-corrected chi connectivity index (χ2v) is 7.14. The first-order valence-corrected chi connectivity index (χ1v) is 9.96. The van der Waals surface area contributed by atoms with Gasteiger partial charge in [0.2, 0.25) is 0 Å². The molecule has 0 amide bonds. The lowest BCUT2D eigenvalue weighted by molar-refractivity contribution is -0.143. The van der Waals surface area contributed by atoms with Crippen molar-refractivity contribution in [1.82, 2.24) is 0 Å². The molecule has 3 aromatic rings. The third-order valence-corrected chi connectivity index (χ3v) is 4.98. The van der Waals surface area contributed by atoms with Crippen molar-refractivity contribution in [3.63, 3.8) is 0 Å². The van der Waals surface area contributed by atoms with E-state index < -0.39 is 17.0 Å². The number of halogens is 1. The molecule has 156 valence electrons. The van der Waals surface area contributed by atoms with E-state index in [1.165, 1.54) is 12.1 Å². The Morgan fingerprint density at radius 1 is 1.13 bits per heavy atom. The Bertz CT molecular complexity index is 1120. The number of hydrogen-bond acceptors (Lipinski definition) is 6. The molecule has 6 nitrogen and oxygen atoms in total. The standard InChI is InChI=1S/C23H21ClO6/c1-3-28-20(25)10-9-16-12-17-14(2)11-21(26)29-19(17)13-18(16)30-23(27)22(24)15-7-5-4-6-8-15/h4-8,11-13,22H,3,9-10H2,1-2H3. The van der Waals surface area contributed by atoms with Gasteiger partial charge in [-0.05, 0) is 43.0 Å². The molecule has 0 aliphatic heterocycles. The van der Waals surface area contributed by atoms with Gasteiger partial charge in [0.1, 0.15) is 11.3 Å². The summed E-state index contributed by atoms with van der Waals surface area (Å²) in [6, 6.07) is 13.4. The van der Waals surface area contributed by atoms with Crippen molar-refractivity contribution in [2.45, 2.75) is 32.1 Å². The highest BCUT2D eigenvalue weighted by molar-refractivity contribution is 6.30. The summed E-state index contributed by atoms with van der Waals surface area (Å²) >= 11 is 6.27. The van der Waals surface area contributed by atoms with E-state index in [2.05, 4.69) is 0 Å². The van der Waals surface area contributed by atoms with Gasteiger partial charge >= 0.3 is 17.6 Å². The molecule has 0 saturated carbocycles. The second kappa shape index (κ2) is 9.59. The molecule has 0 fully saturated rings. The van der Waals surface area contributed by atoms with Gasteiger partial charge in [-0.2, -0.15) is 0 Å². The molecule has 3 rings (SSSR count). The molecule has 1 atom stereocenters. The van der Waals surface area contributed by atoms with E-state index in [-0.39, 0.29) is 36.8 Å². The van der Waals surface area contributed by atoms with Crippen molar-refractivity contribution in [2.24, 2.45) is 0 Å². The molecule has 30 heavy (non-hydrogen) atoms. The van der Waals surface area contributed by atoms with Gasteiger partial charge in [-0.15, -0.1) is 11.6 Å². The summed E-state index contributed by atoms with van der Waals surface area (Å²) in [6.45, 7) is 3.80. The Balaban J connectivity index is 1.95. The molecule has 0 N–H and O–H groups in total. The normalized spacial score (nSPS) is 11.8. The average Bonchev–Trinajstić information content (AvgIpc) is 2.72. The molecule has 0 aliphatic carbocycles. The minimum Gasteiger partial charge on any atom is -0.466 e. The first-order chi connectivity index (χ1) is 14.4. The largest absolute Gasteiger partial charge is 0.466 e. The Kier molecular flexibility index (Phi) is 6.90. The zero-order chi connectivity index (χ0) is 21.7. The van der Waals surface area contributed by atoms with Crippen LogP contribution in [0.3, 0.4) is 0 Å². The van der Waals surface area contributed by atoms with Gasteiger partial charge in [-0.25, -0.2) is 9.59 Å². The first-order valence-electron chi connectivity index (χ1n) is 9.52. The topological polar surface area (TPSA) is 82.8 Å². The number of alkyl halides is 1. The van der Waals surface area contributed by atoms with Crippen LogP contribution in [0.5, 0.6) is 5.75 Å². The monoisotopic (exact) mass is 428 g/mol. The Hall–Kier alpha value is -3.12. The minimum atomic E-state index is -1.01. The van der Waals surface area contributed by atoms with Crippen LogP contribution in [0.15, 0.2) is 57.7 Å². The molecule has 1 unspecified atom stereocenters. The van der Waals surface area contributed by atoms with Crippen molar-refractivity contribution >= 4 is 34.5 Å². The number of rotatable bonds is 7. The third-order valence-electron chi connectivity index (χ3n) is 4.55. The Morgan fingerprint density at radius 2 is 1.87 bits per heavy atom. The number of hydrogen-bond donors (Lipinski definition) is 0. The average molecular weight is 429 g/mol. The lowest BCUT2D eigenvalue weighted by atomic mass is 10.0. The number of carbonyl (C=O) groups excluding carboxylic acids is 2. The summed E-state index contributed by atoms with van der Waals surface area (Å²) < 4.78 is 15.8. The van der Waals surface area contributed by atoms with E-state index in [0.717, 1.165) is 5.56 Å². The van der Waals surface area contributed by atoms with Crippen LogP contribution >= 0.6 is 11.6 Å². The zero-order valence-electron chi connectivity index (χ0n) is 16.6. The van der Waals surface area contributed by atoms with Gasteiger partial charge in [-0.3, -0.25) is 4.79 Å². The maximum atomic E-state index is 12.6. The van der Waals surface area contributed by atoms with Crippen molar-refractivity contribution in [3.05, 3.63) is 75.6 Å². The summed E-state index contributed by atoms with van der Waals surface area (Å²) in [5, 5.41) is -0.317. The first kappa shape index (κ1) is 21.6. The third kappa shape index (κ3) is 5.07. The summed E-state index contributed by atoms with van der Waals surface area (Å²) in [5.41, 5.74) is 1.71. The number of fused-ring (bicyclic) bond motifs is 1. The van der Waals surface area contributed by atoms with Crippen molar-refractivity contribution in [3.8, 4) is 5.75 Å². The van der Waals surface area contributed by atoms with Crippen LogP contribution in [0.1, 0.15) is 35.4 Å². The van der Waals surface area contributed by atoms with Crippen LogP contribution in [0.25, 0.3) is 11.0 Å². The van der Waals surface area contributed by atoms with Gasteiger partial charge < -0.3 is 13.9 Å². The number of benzene rings is 2. The molecule has 0 spiro atoms. The van der Waals surface area contributed by atoms with Crippen molar-refractivity contribution < 1.29 is 23.5 Å². The Morgan fingerprint density at radius 3 is 2.57 bits per heavy atom. The van der Waals surface area contributed by atoms with Gasteiger partial charge in [0.15, 0.2) is 5.38 Å². The number of aryl methyl sites for hydroxylation is 2. The smallest absolute Gasteiger partial charge is 0.336 e. The van der Waals surface area contributed by atoms with Crippen LogP contribution in [-0.2, 0) is 20.7 Å². The molecule has 7 heteroatoms. The fraction of sp³-hybridized carbons (Fsp3) is 0.261. The highest BCUT2D eigenvalue weighted by Gasteiger charge is 2.22. The van der Waals surface area contributed by atoms with E-state index in [1.54, 1.807) is 44.2 Å². The summed E-state index contributed by atoms with van der Waals surface area (Å²) in [7, 11) is 0. The summed E-state index contributed by atoms with van der Waals surface area (Å²) in [5.74, 6) is -0.840. The van der Waals surface area contributed by atoms with Crippen molar-refractivity contribution in [1.29, 1.82) is 0 Å². The number of esters is 2. The SMILES string of the molecule is CCOC(=O)CCc1cc2c(C)cc(=O)oc2cc1OC(=O)C(Cl)c1ccccc1. The minimum absolute atomic E-state index is 0.114. The molecule has 0 saturated heterocycles. The summed E-state index contributed by atoms with van der Waals surface area (Å²) in [6.07, 6.45) is 0.400. The maximum Gasteiger partial charge on any atom is 0.336 e. The van der Waals surface area contributed by atoms with E-state index in [0.29, 0.717) is 16.5 Å². The molecule has 1 aromatic heterocycles. The van der Waals surface area contributed by atoms with Crippen molar-refractivity contribution in [2.75, 3.05) is 6.61 Å². The van der Waals surface area contributed by atoms with Crippen LogP contribution in [0.4, 0.5) is 0 Å². The molecular weight excluding hydrogens is 408 g/mol. The van der Waals surface area contributed by atoms with E-state index in [9.17, 15) is 14.4 Å². The fourth-order valence-electron chi connectivity index (χ4n) is 3.07. The highest BCUT2D eigenvalue weighted by Crippen LogP contribution is 2.31. The van der Waals surface area contributed by atoms with E-state index in [4.69, 9.17) is 25.5 Å². The molecule has 0 bridgehead atoms. The van der Waals surface area contributed by atoms with Gasteiger partial charge in [0.05, 0.1) is 6.61 Å². The maximum absolute atomic E-state index is 12.6. The zero-order valence-corrected chi connectivity index (χ0v) is 17.4. The van der Waals surface area contributed by atoms with E-state index in [1.807, 2.05) is 6.07 Å². The van der Waals surface area contributed by atoms with Crippen LogP contribution < -0.4 is 10.4 Å². The predicted octanol–water partition coefficient (Wildman–Crippen LogP) is 4.48. The van der Waals surface area contributed by atoms with Crippen LogP contribution in [0.2, 0.25) is 0 Å². The lowest BCUT2D eigenvalue weighted by Gasteiger charge is -2.14. The van der Waals surface area contributed by atoms with Crippen LogP contribution in [0, 0.1) is 6.92 Å². The Labute approximate surface area is 178 Å². The lowest BCUT2D eigenvalue weighted by Crippen LogP contribution is -2.16. The predicted molar refractivity (Wildman–Crippen MR) is 113 cm³/mol. The molecular formula is C23H21ClO6. The number of carbonyl (C=O) groups is 2. The highest BCUT2D eigenvalue weighted by atomic mass is 35.5. The van der Waals surface area contributed by atoms with Gasteiger partial charge in [-0.1, -0.05) is 30.3 Å². The van der Waals surface area contributed by atoms with Gasteiger partial charge in [0.25, 0.3) is 0 Å². The quantitative estimate of drug-likeness (QED) is 0.239. The second-order valence-electron chi connectivity index (χ2n) is 6.70. The van der Waals surface area contributed by atoms with Crippen LogP contribution in [-0.4, -0.2) is 18.5 Å². The molecule has 2 aromatic carbocycles. The fourth-order valence-corrected chi connectivity index (χ4v) is 3.26. The molecule has 0 aliphatic rings. The molecule has 1 heterocycles.